The van der Waals surface area contributed by atoms with E-state index in [0.29, 0.717) is 11.1 Å². The van der Waals surface area contributed by atoms with Crippen molar-refractivity contribution in [3.8, 4) is 6.07 Å². The molecule has 0 saturated carbocycles. The summed E-state index contributed by atoms with van der Waals surface area (Å²) in [6.45, 7) is 10.1. The lowest BCUT2D eigenvalue weighted by molar-refractivity contribution is -0.104. The van der Waals surface area contributed by atoms with Gasteiger partial charge in [0.05, 0.1) is 11.6 Å². The first-order valence-corrected chi connectivity index (χ1v) is 7.11. The van der Waals surface area contributed by atoms with Crippen molar-refractivity contribution in [1.82, 2.24) is 0 Å². The Kier molecular flexibility index (Phi) is 5.67. The maximum atomic E-state index is 11.0. The number of nitrogens with zero attached hydrogens (tertiary/aromatic N) is 1. The summed E-state index contributed by atoms with van der Waals surface area (Å²) < 4.78 is 0. The summed E-state index contributed by atoms with van der Waals surface area (Å²) in [4.78, 5) is 11.0. The van der Waals surface area contributed by atoms with Crippen molar-refractivity contribution >= 4 is 6.29 Å². The zero-order chi connectivity index (χ0) is 16.0. The van der Waals surface area contributed by atoms with Gasteiger partial charge in [0.2, 0.25) is 0 Å². The first kappa shape index (κ1) is 16.9. The molecule has 0 bridgehead atoms. The number of aryl methyl sites for hydroxylation is 1. The molecule has 21 heavy (non-hydrogen) atoms. The number of carbonyl (C=O) groups excluding carboxylic acids is 1. The van der Waals surface area contributed by atoms with Gasteiger partial charge < -0.3 is 0 Å². The van der Waals surface area contributed by atoms with Crippen LogP contribution in [0, 0.1) is 18.3 Å². The smallest absolute Gasteiger partial charge is 0.145 e. The summed E-state index contributed by atoms with van der Waals surface area (Å²) in [5, 5.41) is 9.13. The van der Waals surface area contributed by atoms with Crippen molar-refractivity contribution in [2.24, 2.45) is 0 Å². The van der Waals surface area contributed by atoms with E-state index in [9.17, 15) is 4.79 Å². The minimum absolute atomic E-state index is 0.292. The molecule has 1 rings (SSSR count). The summed E-state index contributed by atoms with van der Waals surface area (Å²) in [5.41, 5.74) is 4.54. The van der Waals surface area contributed by atoms with E-state index in [2.05, 4.69) is 32.9 Å². The highest BCUT2D eigenvalue weighted by Crippen LogP contribution is 2.34. The highest BCUT2D eigenvalue weighted by molar-refractivity contribution is 5.73. The Morgan fingerprint density at radius 1 is 1.33 bits per heavy atom. The molecular weight excluding hydrogens is 258 g/mol. The lowest BCUT2D eigenvalue weighted by atomic mass is 9.75. The zero-order valence-corrected chi connectivity index (χ0v) is 13.5. The van der Waals surface area contributed by atoms with Crippen LogP contribution in [-0.2, 0) is 10.2 Å². The molecule has 0 aliphatic heterocycles. The van der Waals surface area contributed by atoms with E-state index < -0.39 is 0 Å². The lowest BCUT2D eigenvalue weighted by Gasteiger charge is -2.28. The van der Waals surface area contributed by atoms with Crippen molar-refractivity contribution in [1.29, 1.82) is 5.26 Å². The molecule has 1 aromatic carbocycles. The molecule has 1 aromatic rings. The number of hydrogen-bond acceptors (Lipinski definition) is 2. The molecule has 0 saturated heterocycles. The van der Waals surface area contributed by atoms with Crippen molar-refractivity contribution < 1.29 is 4.79 Å². The standard InChI is InChI=1S/C19H23NO/c1-14(2)8-9-19(5,11-15(3)13-21)18-10-17(12-20)7-6-16(18)4/h6-8,10-11,13H,9H2,1-5H3/b15-11+. The Balaban J connectivity index is 3.47. The molecule has 0 radical (unpaired) electrons. The van der Waals surface area contributed by atoms with Crippen LogP contribution < -0.4 is 0 Å². The van der Waals surface area contributed by atoms with E-state index in [-0.39, 0.29) is 5.41 Å². The van der Waals surface area contributed by atoms with Gasteiger partial charge in [0.25, 0.3) is 0 Å². The quantitative estimate of drug-likeness (QED) is 0.448. The van der Waals surface area contributed by atoms with Crippen LogP contribution in [0.3, 0.4) is 0 Å². The van der Waals surface area contributed by atoms with E-state index in [1.54, 1.807) is 0 Å². The molecule has 0 amide bonds. The fraction of sp³-hybridized carbons (Fsp3) is 0.368. The van der Waals surface area contributed by atoms with Crippen molar-refractivity contribution in [2.75, 3.05) is 0 Å². The Morgan fingerprint density at radius 3 is 2.52 bits per heavy atom. The fourth-order valence-electron chi connectivity index (χ4n) is 2.51. The predicted molar refractivity (Wildman–Crippen MR) is 87.1 cm³/mol. The van der Waals surface area contributed by atoms with Crippen LogP contribution in [0.2, 0.25) is 0 Å². The minimum Gasteiger partial charge on any atom is -0.298 e. The zero-order valence-electron chi connectivity index (χ0n) is 13.5. The van der Waals surface area contributed by atoms with Crippen molar-refractivity contribution in [2.45, 2.75) is 46.5 Å². The van der Waals surface area contributed by atoms with Gasteiger partial charge in [-0.15, -0.1) is 0 Å². The average Bonchev–Trinajstić information content (AvgIpc) is 2.45. The molecule has 110 valence electrons. The van der Waals surface area contributed by atoms with Gasteiger partial charge >= 0.3 is 0 Å². The molecule has 2 heteroatoms. The lowest BCUT2D eigenvalue weighted by Crippen LogP contribution is -2.21. The fourth-order valence-corrected chi connectivity index (χ4v) is 2.51. The Bertz CT molecular complexity index is 627. The number of allylic oxidation sites excluding steroid dienone is 4. The summed E-state index contributed by atoms with van der Waals surface area (Å²) in [5.74, 6) is 0. The van der Waals surface area contributed by atoms with Gasteiger partial charge in [-0.25, -0.2) is 0 Å². The second-order valence-electron chi connectivity index (χ2n) is 6.05. The second kappa shape index (κ2) is 7.04. The van der Waals surface area contributed by atoms with Crippen LogP contribution >= 0.6 is 0 Å². The maximum absolute atomic E-state index is 11.0. The molecule has 1 atom stereocenters. The molecule has 1 unspecified atom stereocenters. The first-order valence-electron chi connectivity index (χ1n) is 7.11. The van der Waals surface area contributed by atoms with Crippen LogP contribution in [0.15, 0.2) is 41.5 Å². The maximum Gasteiger partial charge on any atom is 0.145 e. The van der Waals surface area contributed by atoms with E-state index in [4.69, 9.17) is 5.26 Å². The third-order valence-corrected chi connectivity index (χ3v) is 3.65. The molecule has 0 aromatic heterocycles. The van der Waals surface area contributed by atoms with Gasteiger partial charge in [0, 0.05) is 5.41 Å². The van der Waals surface area contributed by atoms with Crippen LogP contribution in [0.5, 0.6) is 0 Å². The minimum atomic E-state index is -0.292. The van der Waals surface area contributed by atoms with Crippen LogP contribution in [0.25, 0.3) is 0 Å². The number of aldehydes is 1. The van der Waals surface area contributed by atoms with E-state index in [1.165, 1.54) is 5.57 Å². The van der Waals surface area contributed by atoms with Crippen LogP contribution in [0.4, 0.5) is 0 Å². The van der Waals surface area contributed by atoms with Crippen LogP contribution in [0.1, 0.15) is 50.8 Å². The Morgan fingerprint density at radius 2 is 2.00 bits per heavy atom. The second-order valence-corrected chi connectivity index (χ2v) is 6.05. The first-order chi connectivity index (χ1) is 9.82. The van der Waals surface area contributed by atoms with Gasteiger partial charge in [0.1, 0.15) is 6.29 Å². The predicted octanol–water partition coefficient (Wildman–Crippen LogP) is 4.63. The summed E-state index contributed by atoms with van der Waals surface area (Å²) >= 11 is 0. The molecule has 2 nitrogen and oxygen atoms in total. The molecular formula is C19H23NO. The van der Waals surface area contributed by atoms with Gasteiger partial charge in [-0.3, -0.25) is 4.79 Å². The number of nitriles is 1. The third-order valence-electron chi connectivity index (χ3n) is 3.65. The average molecular weight is 281 g/mol. The highest BCUT2D eigenvalue weighted by Gasteiger charge is 2.25. The normalized spacial score (nSPS) is 14.0. The van der Waals surface area contributed by atoms with Crippen molar-refractivity contribution in [3.05, 3.63) is 58.2 Å². The number of hydrogen-bond donors (Lipinski definition) is 0. The Labute approximate surface area is 127 Å². The van der Waals surface area contributed by atoms with Gasteiger partial charge in [0.15, 0.2) is 0 Å². The Hall–Kier alpha value is -2.14. The SMILES string of the molecule is CC(C)=CCC(C)(/C=C(\C)C=O)c1cc(C#N)ccc1C. The van der Waals surface area contributed by atoms with Gasteiger partial charge in [-0.05, 0) is 62.9 Å². The monoisotopic (exact) mass is 281 g/mol. The van der Waals surface area contributed by atoms with E-state index in [0.717, 1.165) is 23.8 Å². The molecule has 0 aliphatic rings. The topological polar surface area (TPSA) is 40.9 Å². The highest BCUT2D eigenvalue weighted by atomic mass is 16.1. The molecule has 0 fully saturated rings. The number of rotatable bonds is 5. The molecule has 0 aliphatic carbocycles. The van der Waals surface area contributed by atoms with E-state index in [1.807, 2.05) is 38.1 Å². The summed E-state index contributed by atoms with van der Waals surface area (Å²) in [6, 6.07) is 7.93. The van der Waals surface area contributed by atoms with Crippen molar-refractivity contribution in [3.63, 3.8) is 0 Å². The summed E-state index contributed by atoms with van der Waals surface area (Å²) in [6.07, 6.45) is 5.86. The molecule has 0 N–H and O–H groups in total. The molecule has 0 heterocycles. The van der Waals surface area contributed by atoms with Gasteiger partial charge in [-0.2, -0.15) is 5.26 Å². The third kappa shape index (κ3) is 4.43. The van der Waals surface area contributed by atoms with E-state index >= 15 is 0 Å². The molecule has 0 spiro atoms. The number of benzene rings is 1. The largest absolute Gasteiger partial charge is 0.298 e. The van der Waals surface area contributed by atoms with Gasteiger partial charge in [-0.1, -0.05) is 30.7 Å². The summed E-state index contributed by atoms with van der Waals surface area (Å²) in [7, 11) is 0. The number of carbonyl (C=O) groups is 1. The van der Waals surface area contributed by atoms with Crippen LogP contribution in [-0.4, -0.2) is 6.29 Å².